The molecule has 2 aromatic carbocycles. The second-order valence-electron chi connectivity index (χ2n) is 11.2. The Morgan fingerprint density at radius 2 is 0.913 bits per heavy atom. The van der Waals surface area contributed by atoms with Gasteiger partial charge in [0, 0.05) is 23.5 Å². The Hall–Kier alpha value is -5.19. The molecule has 0 fully saturated rings. The van der Waals surface area contributed by atoms with Gasteiger partial charge in [0.15, 0.2) is 12.4 Å². The standard InChI is InChI=1S/C39H30N6.Pt/c1-42-27-31(35-21-9-11-25-44(35)42)33-19-13-23-37(40-33)39(29-15-5-3-6-16-29,30-17-7-4-8-18-30)38-24-14-20-34(41-38)32-28-43(2)45-26-12-10-22-36(32)45;/h3-26H,1-2H3;/q;+2. The summed E-state index contributed by atoms with van der Waals surface area (Å²) >= 11 is 0. The largest absolute Gasteiger partial charge is 2.00 e. The van der Waals surface area contributed by atoms with Crippen molar-refractivity contribution in [2.75, 3.05) is 0 Å². The maximum Gasteiger partial charge on any atom is 2.00 e. The SMILES string of the molecule is Cn1[c-]c(-c2cccc(C(c3ccccc3)(c3ccccc3)c3cccc(-c4[c-]n(C)[n+]5ccccc45)n3)n2)c2cccc[n+]21.[Pt+2]. The molecule has 0 N–H and O–H groups in total. The molecule has 6 nitrogen and oxygen atoms in total. The van der Waals surface area contributed by atoms with Crippen molar-refractivity contribution in [1.82, 2.24) is 19.3 Å². The molecule has 6 heterocycles. The Kier molecular flexibility index (Phi) is 7.67. The average Bonchev–Trinajstić information content (AvgIpc) is 3.63. The van der Waals surface area contributed by atoms with Crippen LogP contribution >= 0.6 is 0 Å². The van der Waals surface area contributed by atoms with Crippen molar-refractivity contribution in [3.05, 3.63) is 181 Å². The van der Waals surface area contributed by atoms with Crippen LogP contribution < -0.4 is 9.03 Å². The number of aryl methyl sites for hydroxylation is 2. The summed E-state index contributed by atoms with van der Waals surface area (Å²) in [6, 6.07) is 46.1. The number of hydrogen-bond donors (Lipinski definition) is 0. The van der Waals surface area contributed by atoms with Crippen molar-refractivity contribution in [3.63, 3.8) is 0 Å². The average molecular weight is 778 g/mol. The third-order valence-electron chi connectivity index (χ3n) is 8.58. The predicted octanol–water partition coefficient (Wildman–Crippen LogP) is 5.95. The molecule has 7 heteroatoms. The molecule has 0 aliphatic carbocycles. The van der Waals surface area contributed by atoms with Crippen LogP contribution in [-0.2, 0) is 40.6 Å². The Morgan fingerprint density at radius 3 is 1.35 bits per heavy atom. The van der Waals surface area contributed by atoms with Gasteiger partial charge in [0.25, 0.3) is 0 Å². The fourth-order valence-electron chi connectivity index (χ4n) is 6.54. The molecule has 0 spiro atoms. The Bertz CT molecular complexity index is 2140. The summed E-state index contributed by atoms with van der Waals surface area (Å²) in [6.07, 6.45) is 11.1. The number of aromatic nitrogens is 6. The van der Waals surface area contributed by atoms with Crippen LogP contribution in [0.1, 0.15) is 22.5 Å². The summed E-state index contributed by atoms with van der Waals surface area (Å²) in [5.41, 5.74) is 8.77. The Balaban J connectivity index is 0.00000338. The van der Waals surface area contributed by atoms with Crippen LogP contribution in [0.4, 0.5) is 0 Å². The first-order valence-corrected chi connectivity index (χ1v) is 15.0. The Morgan fingerprint density at radius 1 is 0.500 bits per heavy atom. The summed E-state index contributed by atoms with van der Waals surface area (Å²) in [7, 11) is 3.99. The fraction of sp³-hybridized carbons (Fsp3) is 0.0769. The molecular formula is C39H30N6Pt+2. The van der Waals surface area contributed by atoms with Crippen LogP contribution in [0.5, 0.6) is 0 Å². The van der Waals surface area contributed by atoms with Crippen molar-refractivity contribution in [2.24, 2.45) is 14.1 Å². The molecule has 0 amide bonds. The smallest absolute Gasteiger partial charge is 0.315 e. The van der Waals surface area contributed by atoms with E-state index >= 15 is 0 Å². The molecule has 0 aliphatic heterocycles. The third kappa shape index (κ3) is 4.69. The van der Waals surface area contributed by atoms with Gasteiger partial charge in [-0.15, -0.1) is 9.03 Å². The molecule has 224 valence electrons. The van der Waals surface area contributed by atoms with Crippen LogP contribution in [-0.4, -0.2) is 19.3 Å². The minimum absolute atomic E-state index is 0. The van der Waals surface area contributed by atoms with Gasteiger partial charge >= 0.3 is 21.1 Å². The van der Waals surface area contributed by atoms with E-state index in [9.17, 15) is 0 Å². The Labute approximate surface area is 282 Å². The van der Waals surface area contributed by atoms with Crippen molar-refractivity contribution >= 4 is 11.0 Å². The van der Waals surface area contributed by atoms with Crippen LogP contribution in [0.3, 0.4) is 0 Å². The van der Waals surface area contributed by atoms with Crippen LogP contribution in [0.25, 0.3) is 33.5 Å². The minimum Gasteiger partial charge on any atom is -0.315 e. The zero-order chi connectivity index (χ0) is 30.4. The molecule has 0 radical (unpaired) electrons. The zero-order valence-corrected chi connectivity index (χ0v) is 27.6. The molecule has 46 heavy (non-hydrogen) atoms. The van der Waals surface area contributed by atoms with Gasteiger partial charge in [-0.1, -0.05) is 108 Å². The maximum absolute atomic E-state index is 5.45. The maximum atomic E-state index is 5.45. The number of fused-ring (bicyclic) bond motifs is 2. The number of benzene rings is 2. The molecule has 6 aromatic heterocycles. The van der Waals surface area contributed by atoms with Gasteiger partial charge < -0.3 is 9.97 Å². The quantitative estimate of drug-likeness (QED) is 0.155. The summed E-state index contributed by atoms with van der Waals surface area (Å²) < 4.78 is 8.08. The van der Waals surface area contributed by atoms with Crippen LogP contribution in [0, 0.1) is 12.4 Å². The van der Waals surface area contributed by atoms with Crippen molar-refractivity contribution < 1.29 is 30.1 Å². The number of rotatable bonds is 6. The molecule has 8 aromatic rings. The van der Waals surface area contributed by atoms with E-state index in [1.807, 2.05) is 60.1 Å². The van der Waals surface area contributed by atoms with E-state index in [2.05, 4.69) is 131 Å². The van der Waals surface area contributed by atoms with Gasteiger partial charge in [-0.2, -0.15) is 0 Å². The van der Waals surface area contributed by atoms with E-state index in [0.29, 0.717) is 0 Å². The second-order valence-corrected chi connectivity index (χ2v) is 11.2. The summed E-state index contributed by atoms with van der Waals surface area (Å²) in [6.45, 7) is 0. The number of hydrogen-bond acceptors (Lipinski definition) is 2. The molecular weight excluding hydrogens is 748 g/mol. The topological polar surface area (TPSA) is 43.8 Å². The van der Waals surface area contributed by atoms with Gasteiger partial charge in [0.1, 0.15) is 16.4 Å². The molecule has 0 atom stereocenters. The van der Waals surface area contributed by atoms with E-state index in [4.69, 9.17) is 9.97 Å². The normalized spacial score (nSPS) is 11.5. The molecule has 8 rings (SSSR count). The third-order valence-corrected chi connectivity index (χ3v) is 8.58. The van der Waals surface area contributed by atoms with Crippen molar-refractivity contribution in [3.8, 4) is 22.5 Å². The monoisotopic (exact) mass is 777 g/mol. The van der Waals surface area contributed by atoms with Gasteiger partial charge in [0.2, 0.25) is 0 Å². The van der Waals surface area contributed by atoms with Gasteiger partial charge in [-0.25, -0.2) is 9.36 Å². The first kappa shape index (κ1) is 29.5. The van der Waals surface area contributed by atoms with Gasteiger partial charge in [-0.3, -0.25) is 0 Å². The van der Waals surface area contributed by atoms with Gasteiger partial charge in [-0.05, 0) is 59.2 Å². The molecule has 0 saturated heterocycles. The summed E-state index contributed by atoms with van der Waals surface area (Å²) in [5, 5.41) is 0. The van der Waals surface area contributed by atoms with E-state index in [1.165, 1.54) is 0 Å². The predicted molar refractivity (Wildman–Crippen MR) is 173 cm³/mol. The van der Waals surface area contributed by atoms with Crippen molar-refractivity contribution in [2.45, 2.75) is 5.41 Å². The van der Waals surface area contributed by atoms with Crippen molar-refractivity contribution in [1.29, 1.82) is 0 Å². The fourth-order valence-corrected chi connectivity index (χ4v) is 6.54. The van der Waals surface area contributed by atoms with Gasteiger partial charge in [0.05, 0.1) is 14.1 Å². The zero-order valence-electron chi connectivity index (χ0n) is 25.4. The van der Waals surface area contributed by atoms with E-state index < -0.39 is 5.41 Å². The van der Waals surface area contributed by atoms with Crippen LogP contribution in [0.15, 0.2) is 146 Å². The number of pyridine rings is 4. The summed E-state index contributed by atoms with van der Waals surface area (Å²) in [4.78, 5) is 10.9. The first-order valence-electron chi connectivity index (χ1n) is 15.0. The van der Waals surface area contributed by atoms with E-state index in [-0.39, 0.29) is 21.1 Å². The minimum atomic E-state index is -0.815. The number of nitrogens with zero attached hydrogens (tertiary/aromatic N) is 6. The van der Waals surface area contributed by atoms with Crippen LogP contribution in [0.2, 0.25) is 0 Å². The molecule has 0 aliphatic rings. The summed E-state index contributed by atoms with van der Waals surface area (Å²) in [5.74, 6) is 0. The van der Waals surface area contributed by atoms with E-state index in [0.717, 1.165) is 56.1 Å². The second kappa shape index (κ2) is 12.0. The first-order chi connectivity index (χ1) is 22.1. The molecule has 0 unspecified atom stereocenters. The molecule has 0 saturated carbocycles. The van der Waals surface area contributed by atoms with E-state index in [1.54, 1.807) is 0 Å². The molecule has 0 bridgehead atoms.